The number of rotatable bonds is 4. The lowest BCUT2D eigenvalue weighted by Gasteiger charge is -2.29. The van der Waals surface area contributed by atoms with Crippen molar-refractivity contribution < 1.29 is 0 Å². The molecule has 76 valence electrons. The average Bonchev–Trinajstić information content (AvgIpc) is 2.15. The van der Waals surface area contributed by atoms with E-state index in [4.69, 9.17) is 0 Å². The Morgan fingerprint density at radius 1 is 1.31 bits per heavy atom. The molecular weight excluding hydrogens is 158 g/mol. The van der Waals surface area contributed by atoms with Crippen LogP contribution in [-0.2, 0) is 0 Å². The lowest BCUT2D eigenvalue weighted by atomic mass is 9.86. The maximum absolute atomic E-state index is 3.65. The van der Waals surface area contributed by atoms with Crippen LogP contribution in [0.2, 0.25) is 0 Å². The molecule has 2 atom stereocenters. The molecule has 1 N–H and O–H groups in total. The van der Waals surface area contributed by atoms with Crippen LogP contribution in [0.4, 0.5) is 0 Å². The zero-order valence-electron chi connectivity index (χ0n) is 9.05. The lowest BCUT2D eigenvalue weighted by Crippen LogP contribution is -2.37. The molecule has 0 aromatic carbocycles. The van der Waals surface area contributed by atoms with Gasteiger partial charge in [-0.05, 0) is 38.6 Å². The Morgan fingerprint density at radius 3 is 2.77 bits per heavy atom. The van der Waals surface area contributed by atoms with Gasteiger partial charge in [-0.25, -0.2) is 0 Å². The van der Waals surface area contributed by atoms with Crippen LogP contribution < -0.4 is 5.32 Å². The summed E-state index contributed by atoms with van der Waals surface area (Å²) >= 11 is 0. The zero-order valence-corrected chi connectivity index (χ0v) is 9.05. The van der Waals surface area contributed by atoms with Crippen molar-refractivity contribution in [3.63, 3.8) is 0 Å². The first kappa shape index (κ1) is 10.8. The highest BCUT2D eigenvalue weighted by atomic mass is 14.9. The van der Waals surface area contributed by atoms with Gasteiger partial charge in [-0.2, -0.15) is 0 Å². The summed E-state index contributed by atoms with van der Waals surface area (Å²) in [5.74, 6) is 0.888. The molecule has 0 heterocycles. The Labute approximate surface area is 82.6 Å². The van der Waals surface area contributed by atoms with Crippen LogP contribution in [0.1, 0.15) is 46.0 Å². The maximum Gasteiger partial charge on any atom is 0.00928 e. The summed E-state index contributed by atoms with van der Waals surface area (Å²) in [5.41, 5.74) is 0. The molecule has 0 aromatic rings. The van der Waals surface area contributed by atoms with Crippen LogP contribution >= 0.6 is 0 Å². The molecule has 1 nitrogen and oxygen atoms in total. The van der Waals surface area contributed by atoms with Gasteiger partial charge in [0.2, 0.25) is 0 Å². The second kappa shape index (κ2) is 6.20. The van der Waals surface area contributed by atoms with Crippen LogP contribution in [-0.4, -0.2) is 12.6 Å². The fraction of sp³-hybridized carbons (Fsp3) is 0.833. The summed E-state index contributed by atoms with van der Waals surface area (Å²) in [7, 11) is 0. The van der Waals surface area contributed by atoms with Gasteiger partial charge < -0.3 is 5.32 Å². The number of hydrogen-bond donors (Lipinski definition) is 1. The summed E-state index contributed by atoms with van der Waals surface area (Å²) in [4.78, 5) is 0. The third-order valence-corrected chi connectivity index (χ3v) is 3.06. The normalized spacial score (nSPS) is 29.7. The summed E-state index contributed by atoms with van der Waals surface area (Å²) in [5, 5.41) is 3.65. The standard InChI is InChI=1S/C12H23N/c1-3-4-7-10-13-12-9-6-5-8-11(12)2/h3-4,11-13H,5-10H2,1-2H3/b4-3+. The van der Waals surface area contributed by atoms with E-state index in [0.717, 1.165) is 18.5 Å². The number of nitrogens with one attached hydrogen (secondary N) is 1. The topological polar surface area (TPSA) is 12.0 Å². The van der Waals surface area contributed by atoms with Gasteiger partial charge in [0.15, 0.2) is 0 Å². The van der Waals surface area contributed by atoms with Crippen LogP contribution in [0, 0.1) is 5.92 Å². The Morgan fingerprint density at radius 2 is 2.08 bits per heavy atom. The molecule has 1 fully saturated rings. The van der Waals surface area contributed by atoms with E-state index in [2.05, 4.69) is 31.3 Å². The summed E-state index contributed by atoms with van der Waals surface area (Å²) in [6.45, 7) is 5.62. The van der Waals surface area contributed by atoms with E-state index in [1.807, 2.05) is 0 Å². The predicted octanol–water partition coefficient (Wildman–Crippen LogP) is 3.12. The molecule has 0 spiro atoms. The summed E-state index contributed by atoms with van der Waals surface area (Å²) < 4.78 is 0. The van der Waals surface area contributed by atoms with Crippen LogP contribution in [0.15, 0.2) is 12.2 Å². The van der Waals surface area contributed by atoms with Crippen molar-refractivity contribution in [3.05, 3.63) is 12.2 Å². The highest BCUT2D eigenvalue weighted by Crippen LogP contribution is 2.23. The van der Waals surface area contributed by atoms with E-state index < -0.39 is 0 Å². The molecule has 1 heteroatoms. The highest BCUT2D eigenvalue weighted by Gasteiger charge is 2.19. The molecule has 13 heavy (non-hydrogen) atoms. The lowest BCUT2D eigenvalue weighted by molar-refractivity contribution is 0.282. The van der Waals surface area contributed by atoms with Crippen molar-refractivity contribution in [1.29, 1.82) is 0 Å². The molecule has 0 amide bonds. The van der Waals surface area contributed by atoms with Gasteiger partial charge in [0.05, 0.1) is 0 Å². The summed E-state index contributed by atoms with van der Waals surface area (Å²) in [6.07, 6.45) is 11.2. The van der Waals surface area contributed by atoms with E-state index in [1.54, 1.807) is 0 Å². The maximum atomic E-state index is 3.65. The predicted molar refractivity (Wildman–Crippen MR) is 58.9 cm³/mol. The fourth-order valence-corrected chi connectivity index (χ4v) is 2.14. The van der Waals surface area contributed by atoms with Gasteiger partial charge >= 0.3 is 0 Å². The third kappa shape index (κ3) is 3.95. The number of hydrogen-bond acceptors (Lipinski definition) is 1. The molecule has 1 saturated carbocycles. The highest BCUT2D eigenvalue weighted by molar-refractivity contribution is 4.81. The van der Waals surface area contributed by atoms with E-state index in [1.165, 1.54) is 32.1 Å². The van der Waals surface area contributed by atoms with Crippen molar-refractivity contribution in [2.24, 2.45) is 5.92 Å². The first-order valence-electron chi connectivity index (χ1n) is 5.69. The molecular formula is C12H23N. The first-order valence-corrected chi connectivity index (χ1v) is 5.69. The van der Waals surface area contributed by atoms with Crippen molar-refractivity contribution in [3.8, 4) is 0 Å². The minimum absolute atomic E-state index is 0.791. The molecule has 0 aliphatic heterocycles. The Balaban J connectivity index is 2.11. The molecule has 0 bridgehead atoms. The second-order valence-corrected chi connectivity index (χ2v) is 4.18. The van der Waals surface area contributed by atoms with Crippen molar-refractivity contribution in [2.75, 3.05) is 6.54 Å². The van der Waals surface area contributed by atoms with Crippen LogP contribution in [0.25, 0.3) is 0 Å². The summed E-state index contributed by atoms with van der Waals surface area (Å²) in [6, 6.07) is 0.791. The number of allylic oxidation sites excluding steroid dienone is 1. The molecule has 0 saturated heterocycles. The van der Waals surface area contributed by atoms with Crippen LogP contribution in [0.5, 0.6) is 0 Å². The van der Waals surface area contributed by atoms with E-state index in [9.17, 15) is 0 Å². The van der Waals surface area contributed by atoms with Crippen molar-refractivity contribution in [1.82, 2.24) is 5.32 Å². The quantitative estimate of drug-likeness (QED) is 0.519. The van der Waals surface area contributed by atoms with Crippen molar-refractivity contribution in [2.45, 2.75) is 52.0 Å². The fourth-order valence-electron chi connectivity index (χ4n) is 2.14. The minimum atomic E-state index is 0.791. The van der Waals surface area contributed by atoms with E-state index >= 15 is 0 Å². The SMILES string of the molecule is C/C=C/CCNC1CCCCC1C. The second-order valence-electron chi connectivity index (χ2n) is 4.18. The minimum Gasteiger partial charge on any atom is -0.313 e. The largest absolute Gasteiger partial charge is 0.313 e. The van der Waals surface area contributed by atoms with Gasteiger partial charge in [-0.15, -0.1) is 0 Å². The Kier molecular flexibility index (Phi) is 5.14. The van der Waals surface area contributed by atoms with Gasteiger partial charge in [-0.1, -0.05) is 31.9 Å². The molecule has 1 rings (SSSR count). The van der Waals surface area contributed by atoms with Gasteiger partial charge in [-0.3, -0.25) is 0 Å². The third-order valence-electron chi connectivity index (χ3n) is 3.06. The zero-order chi connectivity index (χ0) is 9.52. The molecule has 2 unspecified atom stereocenters. The van der Waals surface area contributed by atoms with E-state index in [0.29, 0.717) is 0 Å². The Hall–Kier alpha value is -0.300. The monoisotopic (exact) mass is 181 g/mol. The van der Waals surface area contributed by atoms with Gasteiger partial charge in [0.1, 0.15) is 0 Å². The van der Waals surface area contributed by atoms with Gasteiger partial charge in [0.25, 0.3) is 0 Å². The first-order chi connectivity index (χ1) is 6.34. The molecule has 0 radical (unpaired) electrons. The Bertz CT molecular complexity index is 151. The van der Waals surface area contributed by atoms with Crippen molar-refractivity contribution >= 4 is 0 Å². The van der Waals surface area contributed by atoms with Crippen LogP contribution in [0.3, 0.4) is 0 Å². The smallest absolute Gasteiger partial charge is 0.00928 e. The molecule has 1 aliphatic carbocycles. The average molecular weight is 181 g/mol. The molecule has 0 aromatic heterocycles. The van der Waals surface area contributed by atoms with Gasteiger partial charge in [0, 0.05) is 6.04 Å². The van der Waals surface area contributed by atoms with E-state index in [-0.39, 0.29) is 0 Å². The molecule has 1 aliphatic rings.